The van der Waals surface area contributed by atoms with E-state index in [0.29, 0.717) is 32.2 Å². The fraction of sp³-hybridized carbons (Fsp3) is 0.545. The third kappa shape index (κ3) is 4.66. The number of ether oxygens (including phenoxy) is 3. The highest BCUT2D eigenvalue weighted by Crippen LogP contribution is 2.23. The van der Waals surface area contributed by atoms with Crippen molar-refractivity contribution in [2.24, 2.45) is 0 Å². The molecule has 162 valence electrons. The molecule has 1 aromatic carbocycles. The zero-order chi connectivity index (χ0) is 20.9. The Morgan fingerprint density at radius 2 is 1.93 bits per heavy atom. The zero-order valence-electron chi connectivity index (χ0n) is 17.8. The van der Waals surface area contributed by atoms with Crippen LogP contribution in [0.4, 0.5) is 5.95 Å². The summed E-state index contributed by atoms with van der Waals surface area (Å²) >= 11 is 0. The molecule has 8 heteroatoms. The van der Waals surface area contributed by atoms with Crippen molar-refractivity contribution in [3.8, 4) is 5.75 Å². The lowest BCUT2D eigenvalue weighted by Crippen LogP contribution is -2.38. The molecule has 1 aromatic heterocycles. The van der Waals surface area contributed by atoms with Crippen LogP contribution in [0.5, 0.6) is 5.75 Å². The molecule has 0 unspecified atom stereocenters. The number of nitrogens with one attached hydrogen (secondary N) is 1. The van der Waals surface area contributed by atoms with E-state index in [9.17, 15) is 4.79 Å². The molecular weight excluding hydrogens is 384 g/mol. The lowest BCUT2D eigenvalue weighted by Gasteiger charge is -2.27. The van der Waals surface area contributed by atoms with Gasteiger partial charge in [0.2, 0.25) is 5.95 Å². The molecule has 30 heavy (non-hydrogen) atoms. The Morgan fingerprint density at radius 1 is 1.13 bits per heavy atom. The summed E-state index contributed by atoms with van der Waals surface area (Å²) in [6.45, 7) is 5.85. The van der Waals surface area contributed by atoms with E-state index in [1.54, 1.807) is 14.2 Å². The van der Waals surface area contributed by atoms with E-state index in [1.807, 2.05) is 12.1 Å². The maximum absolute atomic E-state index is 12.8. The number of hydrogen-bond donors (Lipinski definition) is 1. The predicted octanol–water partition coefficient (Wildman–Crippen LogP) is 1.36. The molecule has 0 aliphatic carbocycles. The number of rotatable bonds is 6. The Balaban J connectivity index is 1.50. The van der Waals surface area contributed by atoms with Gasteiger partial charge in [0, 0.05) is 57.4 Å². The fourth-order valence-electron chi connectivity index (χ4n) is 4.18. The molecule has 2 aliphatic heterocycles. The van der Waals surface area contributed by atoms with Gasteiger partial charge in [-0.05, 0) is 24.1 Å². The van der Waals surface area contributed by atoms with Gasteiger partial charge in [-0.25, -0.2) is 4.98 Å². The number of aromatic nitrogens is 2. The molecule has 0 spiro atoms. The maximum Gasteiger partial charge on any atom is 0.255 e. The average Bonchev–Trinajstić information content (AvgIpc) is 2.98. The molecule has 0 atom stereocenters. The van der Waals surface area contributed by atoms with Crippen molar-refractivity contribution < 1.29 is 14.2 Å². The molecule has 0 radical (unpaired) electrons. The van der Waals surface area contributed by atoms with Crippen LogP contribution in [0.2, 0.25) is 0 Å². The molecule has 4 rings (SSSR count). The molecule has 8 nitrogen and oxygen atoms in total. The number of H-pyrrole nitrogens is 1. The Labute approximate surface area is 176 Å². The monoisotopic (exact) mass is 414 g/mol. The topological polar surface area (TPSA) is 79.9 Å². The molecule has 1 saturated heterocycles. The molecule has 2 aromatic rings. The van der Waals surface area contributed by atoms with E-state index in [0.717, 1.165) is 67.3 Å². The van der Waals surface area contributed by atoms with E-state index in [2.05, 4.69) is 20.9 Å². The van der Waals surface area contributed by atoms with Crippen molar-refractivity contribution in [3.63, 3.8) is 0 Å². The third-order valence-electron chi connectivity index (χ3n) is 5.79. The molecule has 1 N–H and O–H groups in total. The molecule has 0 saturated carbocycles. The normalized spacial score (nSPS) is 17.5. The van der Waals surface area contributed by atoms with Crippen LogP contribution in [0.3, 0.4) is 0 Å². The largest absolute Gasteiger partial charge is 0.496 e. The average molecular weight is 415 g/mol. The Kier molecular flexibility index (Phi) is 6.66. The second-order valence-corrected chi connectivity index (χ2v) is 7.77. The van der Waals surface area contributed by atoms with Crippen LogP contribution in [0.25, 0.3) is 0 Å². The summed E-state index contributed by atoms with van der Waals surface area (Å²) in [5, 5.41) is 0. The number of anilines is 1. The van der Waals surface area contributed by atoms with Gasteiger partial charge in [0.15, 0.2) is 0 Å². The summed E-state index contributed by atoms with van der Waals surface area (Å²) in [7, 11) is 3.40. The van der Waals surface area contributed by atoms with E-state index >= 15 is 0 Å². The molecular formula is C22H30N4O4. The van der Waals surface area contributed by atoms with E-state index < -0.39 is 0 Å². The van der Waals surface area contributed by atoms with Crippen LogP contribution < -0.4 is 15.2 Å². The first-order valence-corrected chi connectivity index (χ1v) is 10.5. The number of nitrogens with zero attached hydrogens (tertiary/aromatic N) is 3. The number of hydrogen-bond acceptors (Lipinski definition) is 7. The maximum atomic E-state index is 12.8. The van der Waals surface area contributed by atoms with Crippen LogP contribution in [0.15, 0.2) is 23.0 Å². The Morgan fingerprint density at radius 3 is 2.70 bits per heavy atom. The van der Waals surface area contributed by atoms with Crippen LogP contribution in [0, 0.1) is 0 Å². The van der Waals surface area contributed by atoms with Crippen LogP contribution in [-0.4, -0.2) is 68.5 Å². The van der Waals surface area contributed by atoms with E-state index in [4.69, 9.17) is 19.2 Å². The molecule has 3 heterocycles. The van der Waals surface area contributed by atoms with E-state index in [-0.39, 0.29) is 5.56 Å². The number of aromatic amines is 1. The molecule has 2 aliphatic rings. The van der Waals surface area contributed by atoms with Gasteiger partial charge in [0.05, 0.1) is 32.6 Å². The van der Waals surface area contributed by atoms with Crippen LogP contribution in [0.1, 0.15) is 22.4 Å². The summed E-state index contributed by atoms with van der Waals surface area (Å²) in [4.78, 5) is 25.0. The van der Waals surface area contributed by atoms with Crippen LogP contribution in [-0.2, 0) is 35.5 Å². The van der Waals surface area contributed by atoms with Crippen LogP contribution >= 0.6 is 0 Å². The SMILES string of the molecule is COCc1ccc(OC)c(CN2CCc3nc(N4CCOCC4)[nH]c(=O)c3CC2)c1. The van der Waals surface area contributed by atoms with Crippen molar-refractivity contribution in [2.45, 2.75) is 26.0 Å². The van der Waals surface area contributed by atoms with Gasteiger partial charge in [-0.3, -0.25) is 14.7 Å². The van der Waals surface area contributed by atoms with Gasteiger partial charge < -0.3 is 19.1 Å². The Bertz CT molecular complexity index is 924. The lowest BCUT2D eigenvalue weighted by atomic mass is 10.1. The molecule has 1 fully saturated rings. The van der Waals surface area contributed by atoms with Gasteiger partial charge in [-0.1, -0.05) is 6.07 Å². The minimum absolute atomic E-state index is 0.0111. The summed E-state index contributed by atoms with van der Waals surface area (Å²) in [6, 6.07) is 6.17. The number of fused-ring (bicyclic) bond motifs is 1. The predicted molar refractivity (Wildman–Crippen MR) is 114 cm³/mol. The second kappa shape index (κ2) is 9.59. The minimum atomic E-state index is -0.0111. The highest BCUT2D eigenvalue weighted by molar-refractivity contribution is 5.38. The van der Waals surface area contributed by atoms with Crippen molar-refractivity contribution in [1.82, 2.24) is 14.9 Å². The molecule has 0 amide bonds. The first-order valence-electron chi connectivity index (χ1n) is 10.5. The first-order chi connectivity index (χ1) is 14.7. The van der Waals surface area contributed by atoms with Crippen molar-refractivity contribution in [2.75, 3.05) is 58.5 Å². The van der Waals surface area contributed by atoms with Crippen molar-refractivity contribution >= 4 is 5.95 Å². The van der Waals surface area contributed by atoms with Gasteiger partial charge in [-0.2, -0.15) is 0 Å². The summed E-state index contributed by atoms with van der Waals surface area (Å²) in [5.74, 6) is 1.55. The van der Waals surface area contributed by atoms with Gasteiger partial charge in [0.1, 0.15) is 5.75 Å². The number of benzene rings is 1. The summed E-state index contributed by atoms with van der Waals surface area (Å²) in [5.41, 5.74) is 3.98. The fourth-order valence-corrected chi connectivity index (χ4v) is 4.18. The number of methoxy groups -OCH3 is 2. The van der Waals surface area contributed by atoms with Crippen molar-refractivity contribution in [3.05, 3.63) is 50.9 Å². The lowest BCUT2D eigenvalue weighted by molar-refractivity contribution is 0.122. The highest BCUT2D eigenvalue weighted by Gasteiger charge is 2.22. The minimum Gasteiger partial charge on any atom is -0.496 e. The summed E-state index contributed by atoms with van der Waals surface area (Å²) < 4.78 is 16.2. The van der Waals surface area contributed by atoms with Gasteiger partial charge in [-0.15, -0.1) is 0 Å². The standard InChI is InChI=1S/C22H30N4O4/c1-28-15-16-3-4-20(29-2)17(13-16)14-25-7-5-18-19(6-8-25)23-22(24-21(18)27)26-9-11-30-12-10-26/h3-4,13H,5-12,14-15H2,1-2H3,(H,23,24,27). The summed E-state index contributed by atoms with van der Waals surface area (Å²) in [6.07, 6.45) is 1.46. The van der Waals surface area contributed by atoms with Gasteiger partial charge >= 0.3 is 0 Å². The van der Waals surface area contributed by atoms with Gasteiger partial charge in [0.25, 0.3) is 5.56 Å². The molecule has 0 bridgehead atoms. The van der Waals surface area contributed by atoms with Crippen molar-refractivity contribution in [1.29, 1.82) is 0 Å². The Hall–Kier alpha value is -2.42. The number of morpholine rings is 1. The third-order valence-corrected chi connectivity index (χ3v) is 5.79. The first kappa shape index (κ1) is 20.8. The van der Waals surface area contributed by atoms with E-state index in [1.165, 1.54) is 0 Å². The highest BCUT2D eigenvalue weighted by atomic mass is 16.5. The quantitative estimate of drug-likeness (QED) is 0.765. The second-order valence-electron chi connectivity index (χ2n) is 7.77. The smallest absolute Gasteiger partial charge is 0.255 e. The zero-order valence-corrected chi connectivity index (χ0v) is 17.8.